The quantitative estimate of drug-likeness (QED) is 0.673. The minimum atomic E-state index is 0.509. The maximum atomic E-state index is 5.87. The number of nitrogens with one attached hydrogen (secondary N) is 1. The number of benzene rings is 2. The number of ether oxygens (including phenoxy) is 3. The predicted octanol–water partition coefficient (Wildman–Crippen LogP) is 3.77. The molecule has 2 aromatic rings. The third kappa shape index (κ3) is 5.86. The molecule has 2 rings (SSSR count). The van der Waals surface area contributed by atoms with Crippen LogP contribution in [0.5, 0.6) is 11.5 Å². The van der Waals surface area contributed by atoms with E-state index in [0.29, 0.717) is 13.2 Å². The summed E-state index contributed by atoms with van der Waals surface area (Å²) in [4.78, 5) is 0. The van der Waals surface area contributed by atoms with Crippen LogP contribution in [0.1, 0.15) is 11.1 Å². The van der Waals surface area contributed by atoms with Gasteiger partial charge in [0.15, 0.2) is 11.5 Å². The highest BCUT2D eigenvalue weighted by Gasteiger charge is 2.06. The Morgan fingerprint density at radius 1 is 0.957 bits per heavy atom. The zero-order valence-electron chi connectivity index (χ0n) is 13.5. The zero-order chi connectivity index (χ0) is 16.5. The van der Waals surface area contributed by atoms with Crippen LogP contribution in [0.4, 0.5) is 0 Å². The minimum Gasteiger partial charge on any atom is -0.493 e. The molecule has 0 aliphatic rings. The molecule has 23 heavy (non-hydrogen) atoms. The lowest BCUT2D eigenvalue weighted by Crippen LogP contribution is -2.18. The molecule has 0 saturated heterocycles. The van der Waals surface area contributed by atoms with Crippen molar-refractivity contribution in [3.05, 3.63) is 58.1 Å². The van der Waals surface area contributed by atoms with Gasteiger partial charge in [0.1, 0.15) is 6.61 Å². The summed E-state index contributed by atoms with van der Waals surface area (Å²) in [6.07, 6.45) is 0. The van der Waals surface area contributed by atoms with Gasteiger partial charge in [-0.2, -0.15) is 0 Å². The van der Waals surface area contributed by atoms with Gasteiger partial charge >= 0.3 is 0 Å². The lowest BCUT2D eigenvalue weighted by atomic mass is 10.2. The molecule has 5 heteroatoms. The van der Waals surface area contributed by atoms with Crippen molar-refractivity contribution in [2.45, 2.75) is 13.2 Å². The summed E-state index contributed by atoms with van der Waals surface area (Å²) in [6, 6.07) is 14.1. The molecule has 0 fully saturated rings. The number of hydrogen-bond donors (Lipinski definition) is 1. The van der Waals surface area contributed by atoms with Crippen molar-refractivity contribution >= 4 is 15.9 Å². The van der Waals surface area contributed by atoms with E-state index >= 15 is 0 Å². The van der Waals surface area contributed by atoms with Crippen LogP contribution in [-0.2, 0) is 17.9 Å². The molecule has 0 spiro atoms. The van der Waals surface area contributed by atoms with Crippen molar-refractivity contribution in [2.24, 2.45) is 0 Å². The second-order valence-electron chi connectivity index (χ2n) is 5.07. The number of rotatable bonds is 9. The van der Waals surface area contributed by atoms with Crippen molar-refractivity contribution in [2.75, 3.05) is 27.4 Å². The van der Waals surface area contributed by atoms with Gasteiger partial charge < -0.3 is 19.5 Å². The third-order valence-corrected chi connectivity index (χ3v) is 3.88. The average Bonchev–Trinajstić information content (AvgIpc) is 2.58. The summed E-state index contributed by atoms with van der Waals surface area (Å²) in [5.41, 5.74) is 2.26. The first-order valence-electron chi connectivity index (χ1n) is 7.46. The molecule has 0 aliphatic carbocycles. The van der Waals surface area contributed by atoms with Crippen LogP contribution in [0, 0.1) is 0 Å². The molecule has 0 bridgehead atoms. The van der Waals surface area contributed by atoms with Crippen molar-refractivity contribution in [1.29, 1.82) is 0 Å². The Morgan fingerprint density at radius 2 is 1.70 bits per heavy atom. The molecular weight excluding hydrogens is 358 g/mol. The summed E-state index contributed by atoms with van der Waals surface area (Å²) >= 11 is 3.43. The van der Waals surface area contributed by atoms with Crippen molar-refractivity contribution < 1.29 is 14.2 Å². The molecule has 0 amide bonds. The van der Waals surface area contributed by atoms with Gasteiger partial charge in [0.25, 0.3) is 0 Å². The lowest BCUT2D eigenvalue weighted by molar-refractivity contribution is 0.199. The summed E-state index contributed by atoms with van der Waals surface area (Å²) in [6.45, 7) is 2.80. The van der Waals surface area contributed by atoms with Gasteiger partial charge in [0.05, 0.1) is 13.7 Å². The van der Waals surface area contributed by atoms with Gasteiger partial charge in [-0.3, -0.25) is 0 Å². The first-order valence-corrected chi connectivity index (χ1v) is 8.26. The van der Waals surface area contributed by atoms with Crippen LogP contribution < -0.4 is 14.8 Å². The van der Waals surface area contributed by atoms with E-state index < -0.39 is 0 Å². The third-order valence-electron chi connectivity index (χ3n) is 3.35. The molecule has 1 N–H and O–H groups in total. The maximum Gasteiger partial charge on any atom is 0.161 e. The Labute approximate surface area is 145 Å². The topological polar surface area (TPSA) is 39.7 Å². The van der Waals surface area contributed by atoms with E-state index in [-0.39, 0.29) is 0 Å². The Balaban J connectivity index is 1.94. The molecule has 0 saturated carbocycles. The Bertz CT molecular complexity index is 602. The van der Waals surface area contributed by atoms with E-state index in [9.17, 15) is 0 Å². The highest BCUT2D eigenvalue weighted by Crippen LogP contribution is 2.29. The molecule has 0 aliphatic heterocycles. The molecule has 0 heterocycles. The highest BCUT2D eigenvalue weighted by atomic mass is 79.9. The molecule has 124 valence electrons. The summed E-state index contributed by atoms with van der Waals surface area (Å²) in [5, 5.41) is 3.31. The predicted molar refractivity (Wildman–Crippen MR) is 95.1 cm³/mol. The minimum absolute atomic E-state index is 0.509. The first-order chi connectivity index (χ1) is 11.2. The first kappa shape index (κ1) is 17.8. The zero-order valence-corrected chi connectivity index (χ0v) is 15.1. The molecule has 0 atom stereocenters. The number of hydrogen-bond acceptors (Lipinski definition) is 4. The number of halogens is 1. The second kappa shape index (κ2) is 9.55. The summed E-state index contributed by atoms with van der Waals surface area (Å²) in [7, 11) is 3.35. The average molecular weight is 380 g/mol. The Hall–Kier alpha value is -1.56. The molecule has 2 aromatic carbocycles. The van der Waals surface area contributed by atoms with Crippen LogP contribution in [-0.4, -0.2) is 27.4 Å². The summed E-state index contributed by atoms with van der Waals surface area (Å²) < 4.78 is 17.4. The van der Waals surface area contributed by atoms with Crippen LogP contribution in [0.2, 0.25) is 0 Å². The van der Waals surface area contributed by atoms with E-state index in [1.54, 1.807) is 14.2 Å². The van der Waals surface area contributed by atoms with Gasteiger partial charge in [-0.25, -0.2) is 0 Å². The van der Waals surface area contributed by atoms with Crippen LogP contribution in [0.3, 0.4) is 0 Å². The number of methoxy groups -OCH3 is 2. The molecule has 0 unspecified atom stereocenters. The van der Waals surface area contributed by atoms with Gasteiger partial charge in [-0.05, 0) is 35.4 Å². The lowest BCUT2D eigenvalue weighted by Gasteiger charge is -2.13. The monoisotopic (exact) mass is 379 g/mol. The van der Waals surface area contributed by atoms with Gasteiger partial charge in [-0.1, -0.05) is 34.1 Å². The fourth-order valence-corrected chi connectivity index (χ4v) is 2.35. The SMILES string of the molecule is COCCNCc1ccc(OCc2ccc(Br)cc2)c(OC)c1. The van der Waals surface area contributed by atoms with Gasteiger partial charge in [-0.15, -0.1) is 0 Å². The Kier molecular flexibility index (Phi) is 7.39. The van der Waals surface area contributed by atoms with E-state index in [4.69, 9.17) is 14.2 Å². The van der Waals surface area contributed by atoms with Crippen molar-refractivity contribution in [1.82, 2.24) is 5.32 Å². The van der Waals surface area contributed by atoms with Crippen molar-refractivity contribution in [3.8, 4) is 11.5 Å². The second-order valence-corrected chi connectivity index (χ2v) is 5.99. The Morgan fingerprint density at radius 3 is 2.39 bits per heavy atom. The van der Waals surface area contributed by atoms with E-state index in [0.717, 1.165) is 40.2 Å². The van der Waals surface area contributed by atoms with Gasteiger partial charge in [0.2, 0.25) is 0 Å². The molecule has 0 radical (unpaired) electrons. The fraction of sp³-hybridized carbons (Fsp3) is 0.333. The van der Waals surface area contributed by atoms with Crippen LogP contribution in [0.15, 0.2) is 46.9 Å². The molecule has 0 aromatic heterocycles. The smallest absolute Gasteiger partial charge is 0.161 e. The fourth-order valence-electron chi connectivity index (χ4n) is 2.09. The van der Waals surface area contributed by atoms with Crippen LogP contribution in [0.25, 0.3) is 0 Å². The van der Waals surface area contributed by atoms with Gasteiger partial charge in [0, 0.05) is 24.7 Å². The van der Waals surface area contributed by atoms with E-state index in [2.05, 4.69) is 21.2 Å². The molecule has 4 nitrogen and oxygen atoms in total. The molecular formula is C18H22BrNO3. The standard InChI is InChI=1S/C18H22BrNO3/c1-21-10-9-20-12-15-5-8-17(18(11-15)22-2)23-13-14-3-6-16(19)7-4-14/h3-8,11,20H,9-10,12-13H2,1-2H3. The summed E-state index contributed by atoms with van der Waals surface area (Å²) in [5.74, 6) is 1.49. The van der Waals surface area contributed by atoms with Crippen molar-refractivity contribution in [3.63, 3.8) is 0 Å². The highest BCUT2D eigenvalue weighted by molar-refractivity contribution is 9.10. The van der Waals surface area contributed by atoms with Crippen LogP contribution >= 0.6 is 15.9 Å². The van der Waals surface area contributed by atoms with E-state index in [1.807, 2.05) is 42.5 Å². The van der Waals surface area contributed by atoms with E-state index in [1.165, 1.54) is 0 Å². The largest absolute Gasteiger partial charge is 0.493 e. The normalized spacial score (nSPS) is 10.6. The maximum absolute atomic E-state index is 5.87.